The van der Waals surface area contributed by atoms with Crippen molar-refractivity contribution in [3.05, 3.63) is 29.1 Å². The largest absolute Gasteiger partial charge is 0.465 e. The predicted octanol–water partition coefficient (Wildman–Crippen LogP) is 1.92. The van der Waals surface area contributed by atoms with Crippen molar-refractivity contribution in [2.75, 3.05) is 38.2 Å². The second-order valence-corrected chi connectivity index (χ2v) is 5.58. The lowest BCUT2D eigenvalue weighted by atomic mass is 10.1. The number of carbonyl (C=O) groups is 1. The molecule has 0 radical (unpaired) electrons. The zero-order valence-electron chi connectivity index (χ0n) is 13.2. The van der Waals surface area contributed by atoms with E-state index in [1.807, 2.05) is 11.9 Å². The highest BCUT2D eigenvalue weighted by atomic mass is 19.1. The maximum atomic E-state index is 14.1. The molecule has 0 atom stereocenters. The molecule has 0 unspecified atom stereocenters. The Morgan fingerprint density at radius 3 is 2.91 bits per heavy atom. The third-order valence-electron chi connectivity index (χ3n) is 3.84. The number of aliphatic hydroxyl groups excluding tert-OH is 1. The number of halogens is 1. The van der Waals surface area contributed by atoms with Crippen LogP contribution in [0.2, 0.25) is 0 Å². The SMILES string of the molecule is CN(CCO)CCCC#Cc1cc2c(cc1F)N(C(=O)O)CC2. The molecule has 1 heterocycles. The first-order valence-electron chi connectivity index (χ1n) is 7.64. The van der Waals surface area contributed by atoms with E-state index in [0.717, 1.165) is 23.4 Å². The van der Waals surface area contributed by atoms with E-state index < -0.39 is 11.9 Å². The van der Waals surface area contributed by atoms with E-state index in [2.05, 4.69) is 11.8 Å². The minimum absolute atomic E-state index is 0.135. The van der Waals surface area contributed by atoms with Gasteiger partial charge < -0.3 is 15.1 Å². The number of aliphatic hydroxyl groups is 1. The first-order valence-corrected chi connectivity index (χ1v) is 7.64. The van der Waals surface area contributed by atoms with Crippen molar-refractivity contribution in [3.8, 4) is 11.8 Å². The molecule has 0 aromatic heterocycles. The van der Waals surface area contributed by atoms with Gasteiger partial charge >= 0.3 is 6.09 Å². The molecule has 124 valence electrons. The van der Waals surface area contributed by atoms with Gasteiger partial charge in [-0.25, -0.2) is 9.18 Å². The van der Waals surface area contributed by atoms with Gasteiger partial charge in [0.05, 0.1) is 17.9 Å². The average molecular weight is 320 g/mol. The first kappa shape index (κ1) is 17.3. The Balaban J connectivity index is 1.98. The van der Waals surface area contributed by atoms with Gasteiger partial charge in [-0.1, -0.05) is 11.8 Å². The summed E-state index contributed by atoms with van der Waals surface area (Å²) in [6, 6.07) is 2.91. The summed E-state index contributed by atoms with van der Waals surface area (Å²) in [5.41, 5.74) is 1.56. The van der Waals surface area contributed by atoms with Gasteiger partial charge in [0.1, 0.15) is 5.82 Å². The summed E-state index contributed by atoms with van der Waals surface area (Å²) in [6.07, 6.45) is 1.02. The Morgan fingerprint density at radius 1 is 1.43 bits per heavy atom. The van der Waals surface area contributed by atoms with Gasteiger partial charge in [0.25, 0.3) is 0 Å². The normalized spacial score (nSPS) is 13.0. The zero-order valence-corrected chi connectivity index (χ0v) is 13.2. The summed E-state index contributed by atoms with van der Waals surface area (Å²) in [6.45, 7) is 1.95. The fourth-order valence-electron chi connectivity index (χ4n) is 2.58. The van der Waals surface area contributed by atoms with Gasteiger partial charge in [-0.15, -0.1) is 0 Å². The molecule has 1 aromatic carbocycles. The molecule has 1 aliphatic heterocycles. The van der Waals surface area contributed by atoms with Crippen molar-refractivity contribution >= 4 is 11.8 Å². The van der Waals surface area contributed by atoms with Crippen LogP contribution in [0.15, 0.2) is 12.1 Å². The van der Waals surface area contributed by atoms with E-state index in [-0.39, 0.29) is 6.61 Å². The molecule has 5 nitrogen and oxygen atoms in total. The number of benzene rings is 1. The van der Waals surface area contributed by atoms with Crippen LogP contribution in [0.3, 0.4) is 0 Å². The van der Waals surface area contributed by atoms with Crippen molar-refractivity contribution in [2.24, 2.45) is 0 Å². The molecule has 0 bridgehead atoms. The highest BCUT2D eigenvalue weighted by Crippen LogP contribution is 2.30. The summed E-state index contributed by atoms with van der Waals surface area (Å²) in [5.74, 6) is 5.31. The number of anilines is 1. The highest BCUT2D eigenvalue weighted by Gasteiger charge is 2.25. The molecule has 0 aliphatic carbocycles. The van der Waals surface area contributed by atoms with Gasteiger partial charge in [0.15, 0.2) is 0 Å². The molecular weight excluding hydrogens is 299 g/mol. The fraction of sp³-hybridized carbons (Fsp3) is 0.471. The fourth-order valence-corrected chi connectivity index (χ4v) is 2.58. The molecule has 0 saturated heterocycles. The van der Waals surface area contributed by atoms with Gasteiger partial charge in [0, 0.05) is 19.5 Å². The summed E-state index contributed by atoms with van der Waals surface area (Å²) < 4.78 is 14.1. The van der Waals surface area contributed by atoms with E-state index in [0.29, 0.717) is 37.2 Å². The summed E-state index contributed by atoms with van der Waals surface area (Å²) in [7, 11) is 1.93. The van der Waals surface area contributed by atoms with Crippen molar-refractivity contribution in [1.29, 1.82) is 0 Å². The third kappa shape index (κ3) is 4.44. The lowest BCUT2D eigenvalue weighted by molar-refractivity contribution is 0.202. The molecule has 23 heavy (non-hydrogen) atoms. The summed E-state index contributed by atoms with van der Waals surface area (Å²) >= 11 is 0. The van der Waals surface area contributed by atoms with Gasteiger partial charge in [-0.2, -0.15) is 0 Å². The lowest BCUT2D eigenvalue weighted by Crippen LogP contribution is -2.26. The topological polar surface area (TPSA) is 64.0 Å². The van der Waals surface area contributed by atoms with Crippen LogP contribution in [-0.4, -0.2) is 54.5 Å². The molecule has 2 rings (SSSR count). The number of hydrogen-bond donors (Lipinski definition) is 2. The predicted molar refractivity (Wildman–Crippen MR) is 86.2 cm³/mol. The Morgan fingerprint density at radius 2 is 2.22 bits per heavy atom. The Kier molecular flexibility index (Phi) is 5.97. The molecule has 1 aliphatic rings. The monoisotopic (exact) mass is 320 g/mol. The van der Waals surface area contributed by atoms with E-state index in [1.165, 1.54) is 6.07 Å². The second-order valence-electron chi connectivity index (χ2n) is 5.58. The molecular formula is C17H21FN2O3. The smallest absolute Gasteiger partial charge is 0.411 e. The van der Waals surface area contributed by atoms with Crippen LogP contribution in [0.4, 0.5) is 14.9 Å². The first-order chi connectivity index (χ1) is 11.0. The number of hydrogen-bond acceptors (Lipinski definition) is 3. The van der Waals surface area contributed by atoms with E-state index in [4.69, 9.17) is 10.2 Å². The van der Waals surface area contributed by atoms with Gasteiger partial charge in [-0.3, -0.25) is 4.90 Å². The van der Waals surface area contributed by atoms with Crippen molar-refractivity contribution < 1.29 is 19.4 Å². The van der Waals surface area contributed by atoms with Crippen molar-refractivity contribution in [3.63, 3.8) is 0 Å². The number of likely N-dealkylation sites (N-methyl/N-ethyl adjacent to an activating group) is 1. The molecule has 0 spiro atoms. The lowest BCUT2D eigenvalue weighted by Gasteiger charge is -2.13. The highest BCUT2D eigenvalue weighted by molar-refractivity contribution is 5.89. The van der Waals surface area contributed by atoms with Crippen LogP contribution in [0.1, 0.15) is 24.0 Å². The van der Waals surface area contributed by atoms with Gasteiger partial charge in [-0.05, 0) is 44.1 Å². The summed E-state index contributed by atoms with van der Waals surface area (Å²) in [4.78, 5) is 14.2. The molecule has 2 N–H and O–H groups in total. The van der Waals surface area contributed by atoms with E-state index in [1.54, 1.807) is 6.07 Å². The van der Waals surface area contributed by atoms with Crippen LogP contribution in [0.5, 0.6) is 0 Å². The zero-order chi connectivity index (χ0) is 16.8. The number of fused-ring (bicyclic) bond motifs is 1. The van der Waals surface area contributed by atoms with Crippen LogP contribution in [-0.2, 0) is 6.42 Å². The maximum absolute atomic E-state index is 14.1. The molecule has 0 saturated carbocycles. The average Bonchev–Trinajstić information content (AvgIpc) is 2.90. The Bertz CT molecular complexity index is 637. The Labute approximate surface area is 135 Å². The van der Waals surface area contributed by atoms with Crippen LogP contribution < -0.4 is 4.90 Å². The van der Waals surface area contributed by atoms with Crippen molar-refractivity contribution in [1.82, 2.24) is 4.90 Å². The number of nitrogens with zero attached hydrogens (tertiary/aromatic N) is 2. The maximum Gasteiger partial charge on any atom is 0.411 e. The van der Waals surface area contributed by atoms with Gasteiger partial charge in [0.2, 0.25) is 0 Å². The van der Waals surface area contributed by atoms with Crippen LogP contribution in [0, 0.1) is 17.7 Å². The third-order valence-corrected chi connectivity index (χ3v) is 3.84. The summed E-state index contributed by atoms with van der Waals surface area (Å²) in [5, 5.41) is 17.9. The molecule has 6 heteroatoms. The van der Waals surface area contributed by atoms with E-state index in [9.17, 15) is 9.18 Å². The number of amides is 1. The van der Waals surface area contributed by atoms with Crippen LogP contribution >= 0.6 is 0 Å². The minimum Gasteiger partial charge on any atom is -0.465 e. The number of unbranched alkanes of at least 4 members (excludes halogenated alkanes) is 1. The molecule has 0 fully saturated rings. The van der Waals surface area contributed by atoms with E-state index >= 15 is 0 Å². The minimum atomic E-state index is -1.06. The Hall–Kier alpha value is -2.10. The van der Waals surface area contributed by atoms with Crippen LogP contribution in [0.25, 0.3) is 0 Å². The quantitative estimate of drug-likeness (QED) is 0.643. The van der Waals surface area contributed by atoms with Crippen molar-refractivity contribution in [2.45, 2.75) is 19.3 Å². The standard InChI is InChI=1S/C17H21FN2O3/c1-19(9-10-21)7-4-2-3-5-13-11-14-6-8-20(17(22)23)16(14)12-15(13)18/h11-12,21H,2,4,6-10H2,1H3,(H,22,23). The molecule has 1 amide bonds. The number of carboxylic acid groups (broad SMARTS) is 1. The molecule has 1 aromatic rings. The number of rotatable bonds is 5. The second kappa shape index (κ2) is 7.95.